The lowest BCUT2D eigenvalue weighted by molar-refractivity contribution is -0.123. The average molecular weight is 267 g/mol. The standard InChI is InChI=1S/C16H29NO2/c18-11-10-13-6-8-15(9-7-13)17-16(19)12-14-4-2-1-3-5-14/h13-15,18H,1-12H2,(H,17,19). The van der Waals surface area contributed by atoms with Crippen molar-refractivity contribution < 1.29 is 9.90 Å². The van der Waals surface area contributed by atoms with Crippen LogP contribution in [-0.2, 0) is 4.79 Å². The number of amides is 1. The maximum atomic E-state index is 12.0. The number of carbonyl (C=O) groups is 1. The molecule has 2 aliphatic carbocycles. The fourth-order valence-corrected chi connectivity index (χ4v) is 3.72. The first kappa shape index (κ1) is 14.8. The largest absolute Gasteiger partial charge is 0.396 e. The predicted molar refractivity (Wildman–Crippen MR) is 76.8 cm³/mol. The highest BCUT2D eigenvalue weighted by atomic mass is 16.3. The highest BCUT2D eigenvalue weighted by Crippen LogP contribution is 2.28. The molecule has 0 unspecified atom stereocenters. The van der Waals surface area contributed by atoms with E-state index in [1.165, 1.54) is 32.1 Å². The quantitative estimate of drug-likeness (QED) is 0.804. The third kappa shape index (κ3) is 5.13. The number of nitrogens with one attached hydrogen (secondary N) is 1. The second kappa shape index (κ2) is 7.88. The lowest BCUT2D eigenvalue weighted by Gasteiger charge is -2.29. The van der Waals surface area contributed by atoms with Crippen molar-refractivity contribution >= 4 is 5.91 Å². The van der Waals surface area contributed by atoms with Gasteiger partial charge in [-0.2, -0.15) is 0 Å². The molecule has 0 spiro atoms. The van der Waals surface area contributed by atoms with Crippen molar-refractivity contribution in [1.29, 1.82) is 0 Å². The lowest BCUT2D eigenvalue weighted by Crippen LogP contribution is -2.38. The number of hydrogen-bond donors (Lipinski definition) is 2. The van der Waals surface area contributed by atoms with Crippen LogP contribution >= 0.6 is 0 Å². The smallest absolute Gasteiger partial charge is 0.220 e. The fraction of sp³-hybridized carbons (Fsp3) is 0.938. The van der Waals surface area contributed by atoms with Crippen molar-refractivity contribution in [3.63, 3.8) is 0 Å². The van der Waals surface area contributed by atoms with Crippen LogP contribution in [0, 0.1) is 11.8 Å². The van der Waals surface area contributed by atoms with E-state index in [0.29, 0.717) is 24.5 Å². The second-order valence-electron chi connectivity index (χ2n) is 6.51. The summed E-state index contributed by atoms with van der Waals surface area (Å²) in [5.74, 6) is 1.59. The zero-order chi connectivity index (χ0) is 13.5. The van der Waals surface area contributed by atoms with E-state index < -0.39 is 0 Å². The topological polar surface area (TPSA) is 49.3 Å². The van der Waals surface area contributed by atoms with Crippen molar-refractivity contribution in [1.82, 2.24) is 5.32 Å². The number of rotatable bonds is 5. The van der Waals surface area contributed by atoms with Gasteiger partial charge in [0.1, 0.15) is 0 Å². The van der Waals surface area contributed by atoms with E-state index >= 15 is 0 Å². The van der Waals surface area contributed by atoms with E-state index in [1.807, 2.05) is 0 Å². The monoisotopic (exact) mass is 267 g/mol. The Morgan fingerprint density at radius 1 is 0.947 bits per heavy atom. The van der Waals surface area contributed by atoms with Gasteiger partial charge in [0.05, 0.1) is 0 Å². The molecule has 1 amide bonds. The molecule has 2 rings (SSSR count). The number of aliphatic hydroxyl groups is 1. The summed E-state index contributed by atoms with van der Waals surface area (Å²) in [6.45, 7) is 0.309. The Kier molecular flexibility index (Phi) is 6.15. The van der Waals surface area contributed by atoms with E-state index in [-0.39, 0.29) is 5.91 Å². The molecular weight excluding hydrogens is 238 g/mol. The molecule has 3 heteroatoms. The highest BCUT2D eigenvalue weighted by Gasteiger charge is 2.23. The van der Waals surface area contributed by atoms with Crippen molar-refractivity contribution in [2.45, 2.75) is 76.7 Å². The molecule has 2 N–H and O–H groups in total. The van der Waals surface area contributed by atoms with Gasteiger partial charge in [0.2, 0.25) is 5.91 Å². The van der Waals surface area contributed by atoms with Crippen LogP contribution in [0.25, 0.3) is 0 Å². The van der Waals surface area contributed by atoms with Crippen molar-refractivity contribution in [3.8, 4) is 0 Å². The molecule has 0 radical (unpaired) electrons. The minimum Gasteiger partial charge on any atom is -0.396 e. The van der Waals surface area contributed by atoms with E-state index in [2.05, 4.69) is 5.32 Å². The fourth-order valence-electron chi connectivity index (χ4n) is 3.72. The van der Waals surface area contributed by atoms with E-state index in [4.69, 9.17) is 5.11 Å². The van der Waals surface area contributed by atoms with Gasteiger partial charge in [-0.05, 0) is 56.8 Å². The molecule has 2 aliphatic rings. The van der Waals surface area contributed by atoms with E-state index in [1.54, 1.807) is 0 Å². The van der Waals surface area contributed by atoms with Crippen LogP contribution in [0.4, 0.5) is 0 Å². The maximum absolute atomic E-state index is 12.0. The molecule has 0 saturated heterocycles. The normalized spacial score (nSPS) is 29.1. The first-order chi connectivity index (χ1) is 9.28. The number of carbonyl (C=O) groups excluding carboxylic acids is 1. The molecule has 0 aliphatic heterocycles. The van der Waals surface area contributed by atoms with Gasteiger partial charge in [-0.3, -0.25) is 4.79 Å². The van der Waals surface area contributed by atoms with E-state index in [0.717, 1.165) is 38.5 Å². The van der Waals surface area contributed by atoms with Crippen LogP contribution < -0.4 is 5.32 Å². The van der Waals surface area contributed by atoms with Crippen molar-refractivity contribution in [2.75, 3.05) is 6.61 Å². The van der Waals surface area contributed by atoms with Gasteiger partial charge in [0.15, 0.2) is 0 Å². The van der Waals surface area contributed by atoms with Crippen LogP contribution in [-0.4, -0.2) is 23.7 Å². The highest BCUT2D eigenvalue weighted by molar-refractivity contribution is 5.76. The molecule has 0 heterocycles. The summed E-state index contributed by atoms with van der Waals surface area (Å²) in [6, 6.07) is 0.394. The van der Waals surface area contributed by atoms with Gasteiger partial charge in [-0.15, -0.1) is 0 Å². The molecule has 0 aromatic rings. The summed E-state index contributed by atoms with van der Waals surface area (Å²) in [4.78, 5) is 12.0. The summed E-state index contributed by atoms with van der Waals surface area (Å²) < 4.78 is 0. The third-order valence-electron chi connectivity index (χ3n) is 4.95. The first-order valence-corrected chi connectivity index (χ1v) is 8.18. The minimum absolute atomic E-state index is 0.275. The Morgan fingerprint density at radius 3 is 2.26 bits per heavy atom. The molecule has 0 atom stereocenters. The van der Waals surface area contributed by atoms with E-state index in [9.17, 15) is 4.79 Å². The molecular formula is C16H29NO2. The summed E-state index contributed by atoms with van der Waals surface area (Å²) in [6.07, 6.45) is 12.7. The molecule has 2 fully saturated rings. The summed E-state index contributed by atoms with van der Waals surface area (Å²) in [5.41, 5.74) is 0. The molecule has 0 aromatic heterocycles. The molecule has 0 bridgehead atoms. The Morgan fingerprint density at radius 2 is 1.63 bits per heavy atom. The van der Waals surface area contributed by atoms with Crippen LogP contribution in [0.15, 0.2) is 0 Å². The maximum Gasteiger partial charge on any atom is 0.220 e. The predicted octanol–water partition coefficient (Wildman–Crippen LogP) is 3.01. The lowest BCUT2D eigenvalue weighted by atomic mass is 9.83. The summed E-state index contributed by atoms with van der Waals surface area (Å²) >= 11 is 0. The second-order valence-corrected chi connectivity index (χ2v) is 6.51. The molecule has 0 aromatic carbocycles. The van der Waals surface area contributed by atoms with Gasteiger partial charge in [-0.1, -0.05) is 19.3 Å². The molecule has 3 nitrogen and oxygen atoms in total. The third-order valence-corrected chi connectivity index (χ3v) is 4.95. The molecule has 110 valence electrons. The van der Waals surface area contributed by atoms with Gasteiger partial charge in [0.25, 0.3) is 0 Å². The zero-order valence-corrected chi connectivity index (χ0v) is 12.1. The van der Waals surface area contributed by atoms with Gasteiger partial charge >= 0.3 is 0 Å². The van der Waals surface area contributed by atoms with Crippen molar-refractivity contribution in [2.24, 2.45) is 11.8 Å². The summed E-state index contributed by atoms with van der Waals surface area (Å²) in [7, 11) is 0. The minimum atomic E-state index is 0.275. The molecule has 19 heavy (non-hydrogen) atoms. The summed E-state index contributed by atoms with van der Waals surface area (Å²) in [5, 5.41) is 12.2. The van der Waals surface area contributed by atoms with Gasteiger partial charge in [-0.25, -0.2) is 0 Å². The molecule has 2 saturated carbocycles. The number of hydrogen-bond acceptors (Lipinski definition) is 2. The van der Waals surface area contributed by atoms with Crippen LogP contribution in [0.5, 0.6) is 0 Å². The van der Waals surface area contributed by atoms with Gasteiger partial charge in [0, 0.05) is 19.1 Å². The SMILES string of the molecule is O=C(CC1CCCCC1)NC1CCC(CCO)CC1. The van der Waals surface area contributed by atoms with Crippen LogP contribution in [0.3, 0.4) is 0 Å². The Labute approximate surface area is 117 Å². The Hall–Kier alpha value is -0.570. The average Bonchev–Trinajstić information content (AvgIpc) is 2.42. The van der Waals surface area contributed by atoms with Crippen molar-refractivity contribution in [3.05, 3.63) is 0 Å². The van der Waals surface area contributed by atoms with Crippen LogP contribution in [0.1, 0.15) is 70.6 Å². The first-order valence-electron chi connectivity index (χ1n) is 8.18. The van der Waals surface area contributed by atoms with Crippen LogP contribution in [0.2, 0.25) is 0 Å². The Bertz CT molecular complexity index is 266. The number of aliphatic hydroxyl groups excluding tert-OH is 1. The zero-order valence-electron chi connectivity index (χ0n) is 12.1. The Balaban J connectivity index is 1.63. The van der Waals surface area contributed by atoms with Gasteiger partial charge < -0.3 is 10.4 Å².